The average molecular weight is 417 g/mol. The fraction of sp³-hybridized carbons (Fsp3) is 0.0435. The van der Waals surface area contributed by atoms with E-state index in [4.69, 9.17) is 0 Å². The fourth-order valence-electron chi connectivity index (χ4n) is 3.41. The van der Waals surface area contributed by atoms with Gasteiger partial charge >= 0.3 is 0 Å². The standard InChI is InChI=1S/C23H14F3N5/c24-17-8-9-18(25)22(26)16(17)11-20-15-5-1-2-7-21(15)31(30-20)23-28-12-14(13-29-23)19-6-3-4-10-27-19/h1-10,12-13H,11H2. The lowest BCUT2D eigenvalue weighted by Gasteiger charge is -2.04. The highest BCUT2D eigenvalue weighted by Crippen LogP contribution is 2.26. The van der Waals surface area contributed by atoms with Gasteiger partial charge in [-0.3, -0.25) is 4.98 Å². The fourth-order valence-corrected chi connectivity index (χ4v) is 3.41. The van der Waals surface area contributed by atoms with Crippen LogP contribution >= 0.6 is 0 Å². The number of hydrogen-bond donors (Lipinski definition) is 0. The van der Waals surface area contributed by atoms with Crippen LogP contribution in [-0.2, 0) is 6.42 Å². The van der Waals surface area contributed by atoms with E-state index in [0.717, 1.165) is 23.4 Å². The third kappa shape index (κ3) is 3.42. The Bertz CT molecular complexity index is 1380. The summed E-state index contributed by atoms with van der Waals surface area (Å²) in [7, 11) is 0. The van der Waals surface area contributed by atoms with Crippen LogP contribution in [0.2, 0.25) is 0 Å². The van der Waals surface area contributed by atoms with Crippen molar-refractivity contribution in [2.45, 2.75) is 6.42 Å². The van der Waals surface area contributed by atoms with Crippen molar-refractivity contribution in [1.29, 1.82) is 0 Å². The summed E-state index contributed by atoms with van der Waals surface area (Å²) >= 11 is 0. The van der Waals surface area contributed by atoms with Crippen LogP contribution in [0.4, 0.5) is 13.2 Å². The first-order chi connectivity index (χ1) is 15.1. The smallest absolute Gasteiger partial charge is 0.251 e. The summed E-state index contributed by atoms with van der Waals surface area (Å²) in [6, 6.07) is 14.4. The summed E-state index contributed by atoms with van der Waals surface area (Å²) in [5.74, 6) is -2.85. The molecule has 0 aliphatic carbocycles. The highest BCUT2D eigenvalue weighted by atomic mass is 19.2. The zero-order valence-corrected chi connectivity index (χ0v) is 16.0. The zero-order valence-electron chi connectivity index (χ0n) is 16.0. The third-order valence-corrected chi connectivity index (χ3v) is 4.94. The lowest BCUT2D eigenvalue weighted by molar-refractivity contribution is 0.482. The highest BCUT2D eigenvalue weighted by molar-refractivity contribution is 5.83. The molecule has 5 rings (SSSR count). The van der Waals surface area contributed by atoms with Crippen molar-refractivity contribution in [2.24, 2.45) is 0 Å². The molecule has 152 valence electrons. The maximum absolute atomic E-state index is 14.2. The van der Waals surface area contributed by atoms with Gasteiger partial charge in [0.25, 0.3) is 5.95 Å². The molecule has 0 bridgehead atoms. The van der Waals surface area contributed by atoms with E-state index in [2.05, 4.69) is 20.1 Å². The lowest BCUT2D eigenvalue weighted by Crippen LogP contribution is -2.05. The van der Waals surface area contributed by atoms with E-state index in [1.165, 1.54) is 4.68 Å². The first kappa shape index (κ1) is 18.9. The first-order valence-corrected chi connectivity index (χ1v) is 9.44. The molecule has 2 aromatic carbocycles. The number of para-hydroxylation sites is 1. The molecule has 0 unspecified atom stereocenters. The monoisotopic (exact) mass is 417 g/mol. The summed E-state index contributed by atoms with van der Waals surface area (Å²) in [6.07, 6.45) is 4.73. The van der Waals surface area contributed by atoms with Crippen molar-refractivity contribution >= 4 is 10.9 Å². The summed E-state index contributed by atoms with van der Waals surface area (Å²) in [4.78, 5) is 13.0. The predicted molar refractivity (Wildman–Crippen MR) is 109 cm³/mol. The molecule has 0 saturated carbocycles. The van der Waals surface area contributed by atoms with Gasteiger partial charge in [-0.2, -0.15) is 9.78 Å². The van der Waals surface area contributed by atoms with Gasteiger partial charge in [-0.1, -0.05) is 24.3 Å². The Hall–Kier alpha value is -4.07. The number of benzene rings is 2. The van der Waals surface area contributed by atoms with E-state index in [1.54, 1.807) is 36.8 Å². The average Bonchev–Trinajstić information content (AvgIpc) is 3.18. The lowest BCUT2D eigenvalue weighted by atomic mass is 10.1. The molecule has 0 aliphatic rings. The van der Waals surface area contributed by atoms with Crippen molar-refractivity contribution in [3.05, 3.63) is 102 Å². The van der Waals surface area contributed by atoms with E-state index < -0.39 is 17.5 Å². The Morgan fingerprint density at radius 1 is 0.774 bits per heavy atom. The van der Waals surface area contributed by atoms with E-state index in [0.29, 0.717) is 22.5 Å². The van der Waals surface area contributed by atoms with Crippen LogP contribution in [0.15, 0.2) is 73.2 Å². The SMILES string of the molecule is Fc1ccc(F)c(Cc2nn(-c3ncc(-c4ccccn4)cn3)c3ccccc23)c1F. The number of hydrogen-bond acceptors (Lipinski definition) is 4. The first-order valence-electron chi connectivity index (χ1n) is 9.44. The van der Waals surface area contributed by atoms with Gasteiger partial charge in [0.2, 0.25) is 0 Å². The summed E-state index contributed by atoms with van der Waals surface area (Å²) in [6.45, 7) is 0. The molecule has 8 heteroatoms. The number of nitrogens with zero attached hydrogens (tertiary/aromatic N) is 5. The molecule has 0 radical (unpaired) electrons. The van der Waals surface area contributed by atoms with Crippen molar-refractivity contribution in [2.75, 3.05) is 0 Å². The quantitative estimate of drug-likeness (QED) is 0.391. The summed E-state index contributed by atoms with van der Waals surface area (Å²) in [5, 5.41) is 5.16. The van der Waals surface area contributed by atoms with E-state index in [9.17, 15) is 13.2 Å². The molecule has 0 fully saturated rings. The van der Waals surface area contributed by atoms with Crippen LogP contribution in [-0.4, -0.2) is 24.7 Å². The number of rotatable bonds is 4. The molecule has 3 aromatic heterocycles. The largest absolute Gasteiger partial charge is 0.256 e. The van der Waals surface area contributed by atoms with Crippen molar-refractivity contribution in [3.8, 4) is 17.2 Å². The Kier molecular flexibility index (Phi) is 4.66. The molecule has 0 atom stereocenters. The van der Waals surface area contributed by atoms with Gasteiger partial charge in [0, 0.05) is 41.5 Å². The topological polar surface area (TPSA) is 56.5 Å². The van der Waals surface area contributed by atoms with E-state index in [1.807, 2.05) is 24.3 Å². The second-order valence-electron chi connectivity index (χ2n) is 6.86. The number of fused-ring (bicyclic) bond motifs is 1. The van der Waals surface area contributed by atoms with Crippen LogP contribution in [0.1, 0.15) is 11.3 Å². The Labute approximate surface area is 174 Å². The van der Waals surface area contributed by atoms with Crippen molar-refractivity contribution in [3.63, 3.8) is 0 Å². The van der Waals surface area contributed by atoms with Gasteiger partial charge in [-0.25, -0.2) is 23.1 Å². The van der Waals surface area contributed by atoms with Gasteiger partial charge in [-0.15, -0.1) is 0 Å². The van der Waals surface area contributed by atoms with Crippen LogP contribution in [0.3, 0.4) is 0 Å². The minimum absolute atomic E-state index is 0.213. The van der Waals surface area contributed by atoms with Crippen LogP contribution in [0.5, 0.6) is 0 Å². The summed E-state index contributed by atoms with van der Waals surface area (Å²) < 4.78 is 43.5. The number of halogens is 3. The molecular weight excluding hydrogens is 403 g/mol. The third-order valence-electron chi connectivity index (χ3n) is 4.94. The molecule has 5 aromatic rings. The van der Waals surface area contributed by atoms with Gasteiger partial charge in [0.1, 0.15) is 5.82 Å². The minimum atomic E-state index is -1.21. The van der Waals surface area contributed by atoms with Gasteiger partial charge < -0.3 is 0 Å². The van der Waals surface area contributed by atoms with Gasteiger partial charge in [-0.05, 0) is 30.3 Å². The van der Waals surface area contributed by atoms with Crippen LogP contribution < -0.4 is 0 Å². The molecule has 0 aliphatic heterocycles. The van der Waals surface area contributed by atoms with Crippen LogP contribution in [0, 0.1) is 17.5 Å². The van der Waals surface area contributed by atoms with Gasteiger partial charge in [0.15, 0.2) is 11.6 Å². The predicted octanol–water partition coefficient (Wildman–Crippen LogP) is 4.89. The normalized spacial score (nSPS) is 11.2. The minimum Gasteiger partial charge on any atom is -0.256 e. The maximum atomic E-state index is 14.2. The molecular formula is C23H14F3N5. The molecule has 0 saturated heterocycles. The molecule has 5 nitrogen and oxygen atoms in total. The summed E-state index contributed by atoms with van der Waals surface area (Å²) in [5.41, 5.74) is 2.15. The second kappa shape index (κ2) is 7.64. The highest BCUT2D eigenvalue weighted by Gasteiger charge is 2.19. The Morgan fingerprint density at radius 3 is 2.29 bits per heavy atom. The Morgan fingerprint density at radius 2 is 1.52 bits per heavy atom. The Balaban J connectivity index is 1.58. The van der Waals surface area contributed by atoms with Gasteiger partial charge in [0.05, 0.1) is 16.9 Å². The molecule has 0 amide bonds. The second-order valence-corrected chi connectivity index (χ2v) is 6.86. The molecule has 0 spiro atoms. The van der Waals surface area contributed by atoms with Crippen molar-refractivity contribution in [1.82, 2.24) is 24.7 Å². The molecule has 31 heavy (non-hydrogen) atoms. The number of pyridine rings is 1. The zero-order chi connectivity index (χ0) is 21.4. The van der Waals surface area contributed by atoms with E-state index in [-0.39, 0.29) is 12.0 Å². The maximum Gasteiger partial charge on any atom is 0.251 e. The molecule has 0 N–H and O–H groups in total. The van der Waals surface area contributed by atoms with Crippen molar-refractivity contribution < 1.29 is 13.2 Å². The molecule has 3 heterocycles. The van der Waals surface area contributed by atoms with Crippen LogP contribution in [0.25, 0.3) is 28.1 Å². The van der Waals surface area contributed by atoms with E-state index >= 15 is 0 Å². The number of aromatic nitrogens is 5.